The second kappa shape index (κ2) is 6.06. The molecule has 0 N–H and O–H groups in total. The number of rotatable bonds is 4. The van der Waals surface area contributed by atoms with Crippen LogP contribution in [0, 0.1) is 0 Å². The lowest BCUT2D eigenvalue weighted by Crippen LogP contribution is -1.97. The Labute approximate surface area is 115 Å². The average Bonchev–Trinajstić information content (AvgIpc) is 2.46. The molecule has 94 valence electrons. The van der Waals surface area contributed by atoms with Gasteiger partial charge in [0.1, 0.15) is 5.75 Å². The molecule has 0 amide bonds. The average molecular weight is 279 g/mol. The molecule has 4 nitrogen and oxygen atoms in total. The monoisotopic (exact) mass is 279 g/mol. The molecule has 2 rings (SSSR count). The summed E-state index contributed by atoms with van der Waals surface area (Å²) in [6.45, 7) is 0. The SMILES string of the molecule is COc1ccc(-c2nc(SC)nc(SC)n2)cc1. The molecule has 18 heavy (non-hydrogen) atoms. The van der Waals surface area contributed by atoms with Crippen LogP contribution in [0.3, 0.4) is 0 Å². The van der Waals surface area contributed by atoms with Crippen LogP contribution in [0.4, 0.5) is 0 Å². The number of ether oxygens (including phenoxy) is 1. The summed E-state index contributed by atoms with van der Waals surface area (Å²) in [4.78, 5) is 13.1. The number of aromatic nitrogens is 3. The summed E-state index contributed by atoms with van der Waals surface area (Å²) in [5.74, 6) is 1.52. The van der Waals surface area contributed by atoms with Gasteiger partial charge >= 0.3 is 0 Å². The van der Waals surface area contributed by atoms with Crippen molar-refractivity contribution >= 4 is 23.5 Å². The first-order valence-corrected chi connectivity index (χ1v) is 7.70. The molecule has 0 radical (unpaired) electrons. The van der Waals surface area contributed by atoms with E-state index in [1.807, 2.05) is 36.8 Å². The highest BCUT2D eigenvalue weighted by Gasteiger charge is 2.07. The molecule has 0 atom stereocenters. The van der Waals surface area contributed by atoms with Crippen LogP contribution in [0.15, 0.2) is 34.6 Å². The van der Waals surface area contributed by atoms with Gasteiger partial charge in [0.25, 0.3) is 0 Å². The number of benzene rings is 1. The molecule has 1 aromatic heterocycles. The molecule has 0 unspecified atom stereocenters. The predicted molar refractivity (Wildman–Crippen MR) is 75.4 cm³/mol. The summed E-state index contributed by atoms with van der Waals surface area (Å²) < 4.78 is 5.13. The highest BCUT2D eigenvalue weighted by molar-refractivity contribution is 7.99. The van der Waals surface area contributed by atoms with Gasteiger partial charge in [0.15, 0.2) is 16.1 Å². The zero-order valence-electron chi connectivity index (χ0n) is 10.4. The number of methoxy groups -OCH3 is 1. The van der Waals surface area contributed by atoms with E-state index in [2.05, 4.69) is 15.0 Å². The van der Waals surface area contributed by atoms with Crippen LogP contribution in [-0.2, 0) is 0 Å². The molecule has 0 aliphatic heterocycles. The Kier molecular flexibility index (Phi) is 4.43. The normalized spacial score (nSPS) is 10.4. The molecule has 0 aliphatic rings. The highest BCUT2D eigenvalue weighted by atomic mass is 32.2. The lowest BCUT2D eigenvalue weighted by Gasteiger charge is -2.05. The van der Waals surface area contributed by atoms with E-state index in [-0.39, 0.29) is 0 Å². The van der Waals surface area contributed by atoms with E-state index in [1.54, 1.807) is 7.11 Å². The van der Waals surface area contributed by atoms with Crippen molar-refractivity contribution in [2.24, 2.45) is 0 Å². The Morgan fingerprint density at radius 2 is 1.44 bits per heavy atom. The molecule has 0 aliphatic carbocycles. The van der Waals surface area contributed by atoms with Crippen LogP contribution in [0.1, 0.15) is 0 Å². The van der Waals surface area contributed by atoms with Crippen molar-refractivity contribution in [1.29, 1.82) is 0 Å². The van der Waals surface area contributed by atoms with Crippen molar-refractivity contribution in [2.45, 2.75) is 10.3 Å². The zero-order valence-corrected chi connectivity index (χ0v) is 12.0. The maximum atomic E-state index is 5.13. The second-order valence-corrected chi connectivity index (χ2v) is 4.91. The summed E-state index contributed by atoms with van der Waals surface area (Å²) in [7, 11) is 1.65. The summed E-state index contributed by atoms with van der Waals surface area (Å²) in [5, 5.41) is 1.47. The van der Waals surface area contributed by atoms with E-state index in [4.69, 9.17) is 4.74 Å². The third-order valence-corrected chi connectivity index (χ3v) is 3.40. The number of hydrogen-bond donors (Lipinski definition) is 0. The number of nitrogens with zero attached hydrogens (tertiary/aromatic N) is 3. The first-order valence-electron chi connectivity index (χ1n) is 5.25. The third kappa shape index (κ3) is 2.94. The van der Waals surface area contributed by atoms with E-state index in [9.17, 15) is 0 Å². The standard InChI is InChI=1S/C12H13N3OS2/c1-16-9-6-4-8(5-7-9)10-13-11(17-2)15-12(14-10)18-3/h4-7H,1-3H3. The fraction of sp³-hybridized carbons (Fsp3) is 0.250. The van der Waals surface area contributed by atoms with E-state index >= 15 is 0 Å². The Balaban J connectivity index is 2.41. The fourth-order valence-electron chi connectivity index (χ4n) is 1.39. The van der Waals surface area contributed by atoms with Gasteiger partial charge in [-0.15, -0.1) is 0 Å². The highest BCUT2D eigenvalue weighted by Crippen LogP contribution is 2.23. The topological polar surface area (TPSA) is 47.9 Å². The molecule has 2 aromatic rings. The van der Waals surface area contributed by atoms with Gasteiger partial charge in [-0.1, -0.05) is 23.5 Å². The lowest BCUT2D eigenvalue weighted by molar-refractivity contribution is 0.415. The zero-order chi connectivity index (χ0) is 13.0. The predicted octanol–water partition coefficient (Wildman–Crippen LogP) is 2.99. The quantitative estimate of drug-likeness (QED) is 0.802. The van der Waals surface area contributed by atoms with E-state index in [0.29, 0.717) is 5.82 Å². The van der Waals surface area contributed by atoms with Gasteiger partial charge in [-0.25, -0.2) is 9.97 Å². The van der Waals surface area contributed by atoms with Crippen molar-refractivity contribution in [1.82, 2.24) is 15.0 Å². The summed E-state index contributed by atoms with van der Waals surface area (Å²) >= 11 is 3.03. The van der Waals surface area contributed by atoms with Crippen LogP contribution >= 0.6 is 23.5 Å². The molecule has 0 spiro atoms. The van der Waals surface area contributed by atoms with Crippen molar-refractivity contribution in [3.8, 4) is 17.1 Å². The van der Waals surface area contributed by atoms with Crippen LogP contribution in [0.25, 0.3) is 11.4 Å². The van der Waals surface area contributed by atoms with Crippen LogP contribution in [-0.4, -0.2) is 34.6 Å². The van der Waals surface area contributed by atoms with Crippen LogP contribution in [0.2, 0.25) is 0 Å². The van der Waals surface area contributed by atoms with Gasteiger partial charge in [0.2, 0.25) is 0 Å². The lowest BCUT2D eigenvalue weighted by atomic mass is 10.2. The van der Waals surface area contributed by atoms with Gasteiger partial charge in [-0.05, 0) is 36.8 Å². The third-order valence-electron chi connectivity index (χ3n) is 2.31. The van der Waals surface area contributed by atoms with Gasteiger partial charge in [0.05, 0.1) is 7.11 Å². The summed E-state index contributed by atoms with van der Waals surface area (Å²) in [6, 6.07) is 7.69. The second-order valence-electron chi connectivity index (χ2n) is 3.36. The molecular weight excluding hydrogens is 266 g/mol. The molecule has 0 bridgehead atoms. The summed E-state index contributed by atoms with van der Waals surface area (Å²) in [6.07, 6.45) is 3.91. The molecule has 0 saturated carbocycles. The van der Waals surface area contributed by atoms with Crippen molar-refractivity contribution in [3.63, 3.8) is 0 Å². The fourth-order valence-corrected chi connectivity index (χ4v) is 2.16. The van der Waals surface area contributed by atoms with Gasteiger partial charge in [0, 0.05) is 5.56 Å². The number of hydrogen-bond acceptors (Lipinski definition) is 6. The first kappa shape index (κ1) is 13.2. The minimum absolute atomic E-state index is 0.696. The van der Waals surface area contributed by atoms with Gasteiger partial charge < -0.3 is 4.74 Å². The molecule has 0 fully saturated rings. The molecule has 1 heterocycles. The molecule has 0 saturated heterocycles. The maximum Gasteiger partial charge on any atom is 0.191 e. The minimum Gasteiger partial charge on any atom is -0.497 e. The van der Waals surface area contributed by atoms with Gasteiger partial charge in [-0.3, -0.25) is 0 Å². The van der Waals surface area contributed by atoms with E-state index in [0.717, 1.165) is 21.6 Å². The van der Waals surface area contributed by atoms with Crippen molar-refractivity contribution in [2.75, 3.05) is 19.6 Å². The number of thioether (sulfide) groups is 2. The van der Waals surface area contributed by atoms with Gasteiger partial charge in [-0.2, -0.15) is 4.98 Å². The smallest absolute Gasteiger partial charge is 0.191 e. The maximum absolute atomic E-state index is 5.13. The van der Waals surface area contributed by atoms with Crippen molar-refractivity contribution < 1.29 is 4.74 Å². The molecule has 1 aromatic carbocycles. The minimum atomic E-state index is 0.696. The largest absolute Gasteiger partial charge is 0.497 e. The molecular formula is C12H13N3OS2. The Morgan fingerprint density at radius 3 is 1.89 bits per heavy atom. The molecule has 6 heteroatoms. The van der Waals surface area contributed by atoms with Crippen LogP contribution < -0.4 is 4.74 Å². The van der Waals surface area contributed by atoms with Crippen molar-refractivity contribution in [3.05, 3.63) is 24.3 Å². The Morgan fingerprint density at radius 1 is 0.889 bits per heavy atom. The first-order chi connectivity index (χ1) is 8.76. The van der Waals surface area contributed by atoms with E-state index < -0.39 is 0 Å². The van der Waals surface area contributed by atoms with Crippen LogP contribution in [0.5, 0.6) is 5.75 Å². The summed E-state index contributed by atoms with van der Waals surface area (Å²) in [5.41, 5.74) is 0.962. The Hall–Kier alpha value is -1.27. The van der Waals surface area contributed by atoms with E-state index in [1.165, 1.54) is 23.5 Å². The Bertz CT molecular complexity index is 509.